The van der Waals surface area contributed by atoms with E-state index >= 15 is 0 Å². The van der Waals surface area contributed by atoms with Crippen LogP contribution in [0.3, 0.4) is 0 Å². The van der Waals surface area contributed by atoms with Gasteiger partial charge in [0.05, 0.1) is 0 Å². The summed E-state index contributed by atoms with van der Waals surface area (Å²) in [6.45, 7) is 14.6. The molecule has 0 saturated heterocycles. The number of primary amides is 1. The first kappa shape index (κ1) is 28.9. The molecule has 34 heavy (non-hydrogen) atoms. The molecule has 0 saturated carbocycles. The molecule has 0 heterocycles. The standard InChI is InChI=1S/C25H40N4O5/c1-9-29(21(22(31)27-15(2)3)20-16(4)11-10-12-17(20)5)23(32)18(13-14-19(26)30)28-24(33)34-25(6,7)8/h10-12,15,18,21H,9,13-14H2,1-8H3,(H2,26,30)(H,27,31)(H,28,33). The van der Waals surface area contributed by atoms with Gasteiger partial charge in [-0.2, -0.15) is 0 Å². The number of alkyl carbamates (subject to hydrolysis) is 1. The van der Waals surface area contributed by atoms with Crippen molar-refractivity contribution in [3.05, 3.63) is 34.9 Å². The lowest BCUT2D eigenvalue weighted by atomic mass is 9.93. The van der Waals surface area contributed by atoms with Crippen molar-refractivity contribution in [2.24, 2.45) is 5.73 Å². The van der Waals surface area contributed by atoms with Gasteiger partial charge in [-0.15, -0.1) is 0 Å². The zero-order valence-electron chi connectivity index (χ0n) is 21.7. The Kier molecular flexibility index (Phi) is 10.5. The molecule has 9 heteroatoms. The minimum atomic E-state index is -1.10. The molecule has 0 spiro atoms. The van der Waals surface area contributed by atoms with Gasteiger partial charge in [0.15, 0.2) is 0 Å². The van der Waals surface area contributed by atoms with E-state index in [0.717, 1.165) is 16.7 Å². The number of hydrogen-bond acceptors (Lipinski definition) is 5. The zero-order valence-corrected chi connectivity index (χ0v) is 21.7. The summed E-state index contributed by atoms with van der Waals surface area (Å²) < 4.78 is 5.31. The van der Waals surface area contributed by atoms with Crippen molar-refractivity contribution in [3.8, 4) is 0 Å². The Morgan fingerprint density at radius 1 is 1.06 bits per heavy atom. The van der Waals surface area contributed by atoms with Crippen LogP contribution in [0.15, 0.2) is 18.2 Å². The summed E-state index contributed by atoms with van der Waals surface area (Å²) in [5.41, 5.74) is 6.98. The van der Waals surface area contributed by atoms with Gasteiger partial charge in [0.1, 0.15) is 17.7 Å². The fraction of sp³-hybridized carbons (Fsp3) is 0.600. The second kappa shape index (κ2) is 12.4. The van der Waals surface area contributed by atoms with Gasteiger partial charge in [-0.25, -0.2) is 4.79 Å². The number of nitrogens with one attached hydrogen (secondary N) is 2. The minimum Gasteiger partial charge on any atom is -0.444 e. The number of amides is 4. The zero-order chi connectivity index (χ0) is 26.2. The average molecular weight is 477 g/mol. The van der Waals surface area contributed by atoms with Crippen molar-refractivity contribution >= 4 is 23.8 Å². The second-order valence-electron chi connectivity index (χ2n) is 9.70. The molecule has 1 rings (SSSR count). The van der Waals surface area contributed by atoms with Gasteiger partial charge in [-0.05, 0) is 78.5 Å². The number of benzene rings is 1. The molecular formula is C25H40N4O5. The molecule has 1 aromatic carbocycles. The van der Waals surface area contributed by atoms with E-state index < -0.39 is 35.6 Å². The lowest BCUT2D eigenvalue weighted by Crippen LogP contribution is -2.53. The van der Waals surface area contributed by atoms with Crippen molar-refractivity contribution in [2.45, 2.75) is 92.0 Å². The normalized spacial score (nSPS) is 13.1. The van der Waals surface area contributed by atoms with Gasteiger partial charge in [-0.1, -0.05) is 18.2 Å². The van der Waals surface area contributed by atoms with E-state index in [4.69, 9.17) is 10.5 Å². The van der Waals surface area contributed by atoms with Crippen molar-refractivity contribution in [1.29, 1.82) is 0 Å². The van der Waals surface area contributed by atoms with Crippen LogP contribution in [0.2, 0.25) is 0 Å². The van der Waals surface area contributed by atoms with Crippen LogP contribution in [0.4, 0.5) is 4.79 Å². The first-order valence-corrected chi connectivity index (χ1v) is 11.6. The Balaban J connectivity index is 3.45. The molecule has 2 unspecified atom stereocenters. The highest BCUT2D eigenvalue weighted by Crippen LogP contribution is 2.29. The van der Waals surface area contributed by atoms with E-state index in [2.05, 4.69) is 10.6 Å². The van der Waals surface area contributed by atoms with Crippen LogP contribution in [0.1, 0.15) is 77.1 Å². The molecule has 1 aromatic rings. The number of likely N-dealkylation sites (N-methyl/N-ethyl adjacent to an activating group) is 1. The Morgan fingerprint density at radius 3 is 2.06 bits per heavy atom. The third-order valence-corrected chi connectivity index (χ3v) is 5.10. The first-order valence-electron chi connectivity index (χ1n) is 11.6. The molecular weight excluding hydrogens is 436 g/mol. The molecule has 190 valence electrons. The maximum absolute atomic E-state index is 13.7. The predicted octanol–water partition coefficient (Wildman–Crippen LogP) is 2.88. The van der Waals surface area contributed by atoms with Crippen LogP contribution in [-0.2, 0) is 19.1 Å². The molecule has 0 aromatic heterocycles. The maximum Gasteiger partial charge on any atom is 0.408 e. The molecule has 0 radical (unpaired) electrons. The fourth-order valence-corrected chi connectivity index (χ4v) is 3.71. The molecule has 0 aliphatic rings. The molecule has 0 bridgehead atoms. The van der Waals surface area contributed by atoms with Crippen molar-refractivity contribution < 1.29 is 23.9 Å². The number of hydrogen-bond donors (Lipinski definition) is 3. The van der Waals surface area contributed by atoms with E-state index in [1.165, 1.54) is 4.90 Å². The van der Waals surface area contributed by atoms with E-state index in [1.807, 2.05) is 45.9 Å². The van der Waals surface area contributed by atoms with Gasteiger partial charge in [-0.3, -0.25) is 14.4 Å². The second-order valence-corrected chi connectivity index (χ2v) is 9.70. The molecule has 0 aliphatic heterocycles. The van der Waals surface area contributed by atoms with Gasteiger partial charge in [0.2, 0.25) is 17.7 Å². The molecule has 4 amide bonds. The lowest BCUT2D eigenvalue weighted by Gasteiger charge is -2.35. The highest BCUT2D eigenvalue weighted by atomic mass is 16.6. The number of aryl methyl sites for hydroxylation is 2. The molecule has 9 nitrogen and oxygen atoms in total. The number of carbonyl (C=O) groups is 4. The van der Waals surface area contributed by atoms with Gasteiger partial charge < -0.3 is 26.0 Å². The number of rotatable bonds is 10. The van der Waals surface area contributed by atoms with E-state index in [1.54, 1.807) is 27.7 Å². The van der Waals surface area contributed by atoms with Gasteiger partial charge in [0, 0.05) is 19.0 Å². The monoisotopic (exact) mass is 476 g/mol. The average Bonchev–Trinajstić information content (AvgIpc) is 2.67. The van der Waals surface area contributed by atoms with Gasteiger partial charge >= 0.3 is 6.09 Å². The SMILES string of the molecule is CCN(C(=O)C(CCC(N)=O)NC(=O)OC(C)(C)C)C(C(=O)NC(C)C)c1c(C)cccc1C. The van der Waals surface area contributed by atoms with Crippen LogP contribution in [-0.4, -0.2) is 52.9 Å². The summed E-state index contributed by atoms with van der Waals surface area (Å²) in [4.78, 5) is 52.4. The van der Waals surface area contributed by atoms with Crippen LogP contribution in [0.5, 0.6) is 0 Å². The van der Waals surface area contributed by atoms with Crippen molar-refractivity contribution in [2.75, 3.05) is 6.54 Å². The third-order valence-electron chi connectivity index (χ3n) is 5.10. The minimum absolute atomic E-state index is 0.0187. The smallest absolute Gasteiger partial charge is 0.408 e. The fourth-order valence-electron chi connectivity index (χ4n) is 3.71. The van der Waals surface area contributed by atoms with Crippen LogP contribution >= 0.6 is 0 Å². The number of carbonyl (C=O) groups excluding carboxylic acids is 4. The molecule has 0 fully saturated rings. The molecule has 0 aliphatic carbocycles. The van der Waals surface area contributed by atoms with Crippen molar-refractivity contribution in [3.63, 3.8) is 0 Å². The van der Waals surface area contributed by atoms with Crippen LogP contribution < -0.4 is 16.4 Å². The molecule has 2 atom stereocenters. The Bertz CT molecular complexity index is 872. The highest BCUT2D eigenvalue weighted by molar-refractivity contribution is 5.93. The Morgan fingerprint density at radius 2 is 1.62 bits per heavy atom. The number of nitrogens with zero attached hydrogens (tertiary/aromatic N) is 1. The topological polar surface area (TPSA) is 131 Å². The summed E-state index contributed by atoms with van der Waals surface area (Å²) in [5, 5.41) is 5.47. The molecule has 4 N–H and O–H groups in total. The quantitative estimate of drug-likeness (QED) is 0.478. The number of nitrogens with two attached hydrogens (primary N) is 1. The summed E-state index contributed by atoms with van der Waals surface area (Å²) in [5.74, 6) is -1.43. The highest BCUT2D eigenvalue weighted by Gasteiger charge is 2.37. The largest absolute Gasteiger partial charge is 0.444 e. The summed E-state index contributed by atoms with van der Waals surface area (Å²) >= 11 is 0. The third kappa shape index (κ3) is 8.68. The number of ether oxygens (including phenoxy) is 1. The summed E-state index contributed by atoms with van der Waals surface area (Å²) in [6, 6.07) is 3.51. The van der Waals surface area contributed by atoms with Crippen LogP contribution in [0.25, 0.3) is 0 Å². The van der Waals surface area contributed by atoms with E-state index in [-0.39, 0.29) is 31.3 Å². The Hall–Kier alpha value is -3.10. The lowest BCUT2D eigenvalue weighted by molar-refractivity contribution is -0.142. The van der Waals surface area contributed by atoms with E-state index in [9.17, 15) is 19.2 Å². The van der Waals surface area contributed by atoms with E-state index in [0.29, 0.717) is 0 Å². The van der Waals surface area contributed by atoms with Crippen molar-refractivity contribution in [1.82, 2.24) is 15.5 Å². The predicted molar refractivity (Wildman–Crippen MR) is 131 cm³/mol. The maximum atomic E-state index is 13.7. The van der Waals surface area contributed by atoms with Gasteiger partial charge in [0.25, 0.3) is 0 Å². The first-order chi connectivity index (χ1) is 15.7. The van der Waals surface area contributed by atoms with Crippen LogP contribution in [0, 0.1) is 13.8 Å². The summed E-state index contributed by atoms with van der Waals surface area (Å²) in [7, 11) is 0. The Labute approximate surface area is 202 Å². The summed E-state index contributed by atoms with van der Waals surface area (Å²) in [6.07, 6.45) is -0.924.